The normalized spacial score (nSPS) is 36.4. The molecule has 0 aromatic heterocycles. The molecule has 0 nitrogen and oxygen atoms in total. The molecule has 0 N–H and O–H groups in total. The summed E-state index contributed by atoms with van der Waals surface area (Å²) in [6.07, 6.45) is 5.56. The quantitative estimate of drug-likeness (QED) is 0.603. The summed E-state index contributed by atoms with van der Waals surface area (Å²) < 4.78 is 0.810. The molecule has 108 valence electrons. The van der Waals surface area contributed by atoms with Crippen LogP contribution in [-0.4, -0.2) is 16.1 Å². The monoisotopic (exact) mass is 296 g/mol. The molecule has 1 saturated carbocycles. The fourth-order valence-electron chi connectivity index (χ4n) is 3.12. The number of thioether (sulfide) groups is 2. The van der Waals surface area contributed by atoms with E-state index in [0.29, 0.717) is 11.3 Å². The molecular formula is C17H28S2. The van der Waals surface area contributed by atoms with Crippen molar-refractivity contribution in [1.82, 2.24) is 0 Å². The lowest BCUT2D eigenvalue weighted by Crippen LogP contribution is -2.34. The summed E-state index contributed by atoms with van der Waals surface area (Å²) >= 11 is 4.46. The van der Waals surface area contributed by atoms with Crippen molar-refractivity contribution in [2.45, 2.75) is 58.0 Å². The molecule has 2 aliphatic rings. The van der Waals surface area contributed by atoms with Crippen LogP contribution in [0.2, 0.25) is 0 Å². The van der Waals surface area contributed by atoms with Crippen LogP contribution in [0.4, 0.5) is 0 Å². The van der Waals surface area contributed by atoms with E-state index < -0.39 is 0 Å². The number of hydrogen-bond acceptors (Lipinski definition) is 2. The van der Waals surface area contributed by atoms with E-state index in [-0.39, 0.29) is 0 Å². The number of hydrogen-bond donors (Lipinski definition) is 0. The zero-order valence-electron chi connectivity index (χ0n) is 12.9. The Kier molecular flexibility index (Phi) is 5.61. The fourth-order valence-corrected chi connectivity index (χ4v) is 7.35. The lowest BCUT2D eigenvalue weighted by molar-refractivity contribution is 0.286. The van der Waals surface area contributed by atoms with E-state index in [1.807, 2.05) is 6.92 Å². The van der Waals surface area contributed by atoms with Gasteiger partial charge in [0.15, 0.2) is 0 Å². The maximum Gasteiger partial charge on any atom is 0.0542 e. The Hall–Kier alpha value is 0.260. The third-order valence-corrected chi connectivity index (χ3v) is 8.01. The van der Waals surface area contributed by atoms with Crippen molar-refractivity contribution >= 4 is 23.5 Å². The van der Waals surface area contributed by atoms with Gasteiger partial charge < -0.3 is 0 Å². The first kappa shape index (κ1) is 15.6. The van der Waals surface area contributed by atoms with Gasteiger partial charge in [0, 0.05) is 5.92 Å². The van der Waals surface area contributed by atoms with Crippen molar-refractivity contribution in [3.8, 4) is 11.8 Å². The highest BCUT2D eigenvalue weighted by atomic mass is 32.2. The van der Waals surface area contributed by atoms with Crippen molar-refractivity contribution in [3.05, 3.63) is 0 Å². The van der Waals surface area contributed by atoms with E-state index in [1.165, 1.54) is 37.2 Å². The minimum absolute atomic E-state index is 0.472. The SMILES string of the molecule is CC#CC1CCCCC1C1SCC(C(C)(C)C)CS1. The van der Waals surface area contributed by atoms with Gasteiger partial charge >= 0.3 is 0 Å². The zero-order valence-corrected chi connectivity index (χ0v) is 14.5. The Labute approximate surface area is 128 Å². The first-order valence-electron chi connectivity index (χ1n) is 7.68. The molecule has 2 unspecified atom stereocenters. The van der Waals surface area contributed by atoms with Gasteiger partial charge in [0.2, 0.25) is 0 Å². The second-order valence-electron chi connectivity index (χ2n) is 7.05. The van der Waals surface area contributed by atoms with E-state index in [1.54, 1.807) is 0 Å². The predicted octanol–water partition coefficient (Wildman–Crippen LogP) is 5.28. The summed E-state index contributed by atoms with van der Waals surface area (Å²) in [6, 6.07) is 0. The summed E-state index contributed by atoms with van der Waals surface area (Å²) in [5.74, 6) is 11.8. The van der Waals surface area contributed by atoms with Crippen LogP contribution in [0.3, 0.4) is 0 Å². The minimum Gasteiger partial charge on any atom is -0.147 e. The highest BCUT2D eigenvalue weighted by molar-refractivity contribution is 8.17. The molecule has 2 fully saturated rings. The molecule has 1 heterocycles. The fraction of sp³-hybridized carbons (Fsp3) is 0.882. The third-order valence-electron chi connectivity index (χ3n) is 4.65. The van der Waals surface area contributed by atoms with Crippen LogP contribution in [0.25, 0.3) is 0 Å². The molecule has 0 radical (unpaired) electrons. The molecule has 2 rings (SSSR count). The van der Waals surface area contributed by atoms with E-state index in [4.69, 9.17) is 0 Å². The van der Waals surface area contributed by atoms with Gasteiger partial charge in [0.1, 0.15) is 0 Å². The summed E-state index contributed by atoms with van der Waals surface area (Å²) in [7, 11) is 0. The summed E-state index contributed by atoms with van der Waals surface area (Å²) in [6.45, 7) is 9.18. The largest absolute Gasteiger partial charge is 0.147 e. The molecule has 0 amide bonds. The zero-order chi connectivity index (χ0) is 13.9. The predicted molar refractivity (Wildman–Crippen MR) is 90.5 cm³/mol. The average molecular weight is 297 g/mol. The highest BCUT2D eigenvalue weighted by Crippen LogP contribution is 2.48. The van der Waals surface area contributed by atoms with Crippen LogP contribution < -0.4 is 0 Å². The summed E-state index contributed by atoms with van der Waals surface area (Å²) in [5, 5.41) is 0. The van der Waals surface area contributed by atoms with Crippen LogP contribution in [0, 0.1) is 35.0 Å². The van der Waals surface area contributed by atoms with E-state index in [0.717, 1.165) is 16.4 Å². The third kappa shape index (κ3) is 4.11. The van der Waals surface area contributed by atoms with Crippen LogP contribution in [0.1, 0.15) is 53.4 Å². The second-order valence-corrected chi connectivity index (χ2v) is 9.69. The molecule has 2 atom stereocenters. The van der Waals surface area contributed by atoms with Crippen molar-refractivity contribution in [2.75, 3.05) is 11.5 Å². The van der Waals surface area contributed by atoms with Crippen LogP contribution in [-0.2, 0) is 0 Å². The molecule has 2 heteroatoms. The molecule has 1 saturated heterocycles. The van der Waals surface area contributed by atoms with Crippen molar-refractivity contribution < 1.29 is 0 Å². The van der Waals surface area contributed by atoms with Crippen molar-refractivity contribution in [3.63, 3.8) is 0 Å². The van der Waals surface area contributed by atoms with Gasteiger partial charge in [0.25, 0.3) is 0 Å². The molecule has 1 aliphatic carbocycles. The number of rotatable bonds is 1. The Bertz CT molecular complexity index is 336. The summed E-state index contributed by atoms with van der Waals surface area (Å²) in [4.78, 5) is 0. The molecule has 0 aromatic rings. The van der Waals surface area contributed by atoms with Gasteiger partial charge in [-0.1, -0.05) is 39.5 Å². The van der Waals surface area contributed by atoms with Crippen molar-refractivity contribution in [2.24, 2.45) is 23.2 Å². The Morgan fingerprint density at radius 2 is 1.63 bits per heavy atom. The molecule has 19 heavy (non-hydrogen) atoms. The van der Waals surface area contributed by atoms with E-state index in [9.17, 15) is 0 Å². The first-order valence-corrected chi connectivity index (χ1v) is 9.77. The Morgan fingerprint density at radius 1 is 1.00 bits per heavy atom. The summed E-state index contributed by atoms with van der Waals surface area (Å²) in [5.41, 5.74) is 0.472. The second kappa shape index (κ2) is 6.81. The molecule has 0 aromatic carbocycles. The maximum atomic E-state index is 3.50. The first-order chi connectivity index (χ1) is 9.02. The van der Waals surface area contributed by atoms with E-state index in [2.05, 4.69) is 56.1 Å². The van der Waals surface area contributed by atoms with Gasteiger partial charge in [-0.15, -0.1) is 29.4 Å². The van der Waals surface area contributed by atoms with Crippen molar-refractivity contribution in [1.29, 1.82) is 0 Å². The topological polar surface area (TPSA) is 0 Å². The van der Waals surface area contributed by atoms with E-state index >= 15 is 0 Å². The maximum absolute atomic E-state index is 3.50. The minimum atomic E-state index is 0.472. The standard InChI is InChI=1S/C17H28S2/c1-5-8-13-9-6-7-10-15(13)16-18-11-14(12-19-16)17(2,3)4/h13-16H,6-7,9-12H2,1-4H3. The Morgan fingerprint density at radius 3 is 2.21 bits per heavy atom. The van der Waals surface area contributed by atoms with Gasteiger partial charge in [-0.3, -0.25) is 0 Å². The molecule has 0 bridgehead atoms. The van der Waals surface area contributed by atoms with Crippen LogP contribution in [0.15, 0.2) is 0 Å². The van der Waals surface area contributed by atoms with Gasteiger partial charge in [-0.05, 0) is 48.5 Å². The average Bonchev–Trinajstić information content (AvgIpc) is 2.39. The molecule has 1 aliphatic heterocycles. The lowest BCUT2D eigenvalue weighted by atomic mass is 9.80. The van der Waals surface area contributed by atoms with Gasteiger partial charge in [-0.2, -0.15) is 0 Å². The lowest BCUT2D eigenvalue weighted by Gasteiger charge is -2.41. The van der Waals surface area contributed by atoms with Crippen LogP contribution in [0.5, 0.6) is 0 Å². The molecule has 0 spiro atoms. The highest BCUT2D eigenvalue weighted by Gasteiger charge is 2.37. The van der Waals surface area contributed by atoms with Gasteiger partial charge in [0.05, 0.1) is 4.58 Å². The van der Waals surface area contributed by atoms with Crippen LogP contribution >= 0.6 is 23.5 Å². The smallest absolute Gasteiger partial charge is 0.0542 e. The van der Waals surface area contributed by atoms with Gasteiger partial charge in [-0.25, -0.2) is 0 Å². The molecular weight excluding hydrogens is 268 g/mol. The Balaban J connectivity index is 1.93.